The molecule has 0 saturated heterocycles. The zero-order valence-electron chi connectivity index (χ0n) is 15.8. The van der Waals surface area contributed by atoms with Crippen LogP contribution in [0.1, 0.15) is 23.0 Å². The summed E-state index contributed by atoms with van der Waals surface area (Å²) in [6, 6.07) is 13.0. The van der Waals surface area contributed by atoms with Crippen LogP contribution in [0.3, 0.4) is 0 Å². The lowest BCUT2D eigenvalue weighted by atomic mass is 10.2. The molecule has 2 aromatic carbocycles. The number of ether oxygens (including phenoxy) is 3. The van der Waals surface area contributed by atoms with Crippen LogP contribution >= 0.6 is 0 Å². The molecule has 1 aliphatic rings. The van der Waals surface area contributed by atoms with Gasteiger partial charge < -0.3 is 24.8 Å². The van der Waals surface area contributed by atoms with Gasteiger partial charge in [-0.05, 0) is 36.8 Å². The summed E-state index contributed by atoms with van der Waals surface area (Å²) in [7, 11) is 0. The molecule has 1 aromatic heterocycles. The Bertz CT molecular complexity index is 1010. The maximum atomic E-state index is 12.5. The second kappa shape index (κ2) is 8.47. The minimum absolute atomic E-state index is 0.213. The van der Waals surface area contributed by atoms with Gasteiger partial charge in [0.1, 0.15) is 17.3 Å². The van der Waals surface area contributed by atoms with E-state index >= 15 is 0 Å². The van der Waals surface area contributed by atoms with Crippen molar-refractivity contribution in [2.75, 3.05) is 24.0 Å². The third-order valence-electron chi connectivity index (χ3n) is 4.23. The van der Waals surface area contributed by atoms with Crippen molar-refractivity contribution in [2.24, 2.45) is 0 Å². The summed E-state index contributed by atoms with van der Waals surface area (Å²) < 4.78 is 16.2. The predicted molar refractivity (Wildman–Crippen MR) is 107 cm³/mol. The van der Waals surface area contributed by atoms with Gasteiger partial charge in [0.15, 0.2) is 11.5 Å². The summed E-state index contributed by atoms with van der Waals surface area (Å²) in [5.41, 5.74) is 1.82. The molecule has 0 bridgehead atoms. The molecule has 1 aliphatic heterocycles. The molecule has 0 spiro atoms. The molecule has 0 unspecified atom stereocenters. The Morgan fingerprint density at radius 2 is 1.97 bits per heavy atom. The lowest BCUT2D eigenvalue weighted by Gasteiger charge is -2.11. The van der Waals surface area contributed by atoms with Crippen molar-refractivity contribution in [1.29, 1.82) is 0 Å². The van der Waals surface area contributed by atoms with Crippen LogP contribution in [0.4, 0.5) is 11.5 Å². The number of hydrogen-bond donors (Lipinski definition) is 2. The van der Waals surface area contributed by atoms with E-state index in [1.54, 1.807) is 12.1 Å². The summed E-state index contributed by atoms with van der Waals surface area (Å²) in [6.07, 6.45) is 2.96. The van der Waals surface area contributed by atoms with Crippen molar-refractivity contribution < 1.29 is 19.0 Å². The maximum absolute atomic E-state index is 12.5. The van der Waals surface area contributed by atoms with Gasteiger partial charge in [0.25, 0.3) is 5.91 Å². The SMILES string of the molecule is CCOc1ccccc1NC(=O)c1cnc(NCc2ccc3c(c2)OCO3)cn1. The Labute approximate surface area is 167 Å². The number of hydrogen-bond acceptors (Lipinski definition) is 7. The van der Waals surface area contributed by atoms with E-state index < -0.39 is 0 Å². The normalized spacial score (nSPS) is 11.8. The minimum atomic E-state index is -0.355. The Kier molecular flexibility index (Phi) is 5.42. The monoisotopic (exact) mass is 392 g/mol. The van der Waals surface area contributed by atoms with Gasteiger partial charge in [-0.15, -0.1) is 0 Å². The highest BCUT2D eigenvalue weighted by Crippen LogP contribution is 2.32. The summed E-state index contributed by atoms with van der Waals surface area (Å²) in [5.74, 6) is 2.30. The molecule has 0 fully saturated rings. The number of benzene rings is 2. The van der Waals surface area contributed by atoms with E-state index in [2.05, 4.69) is 20.6 Å². The molecule has 0 aliphatic carbocycles. The molecule has 3 aromatic rings. The van der Waals surface area contributed by atoms with Crippen molar-refractivity contribution in [3.63, 3.8) is 0 Å². The van der Waals surface area contributed by atoms with Gasteiger partial charge in [0, 0.05) is 6.54 Å². The molecule has 4 rings (SSSR count). The highest BCUT2D eigenvalue weighted by Gasteiger charge is 2.14. The number of nitrogens with one attached hydrogen (secondary N) is 2. The maximum Gasteiger partial charge on any atom is 0.275 e. The van der Waals surface area contributed by atoms with Crippen molar-refractivity contribution in [1.82, 2.24) is 9.97 Å². The fourth-order valence-electron chi connectivity index (χ4n) is 2.82. The van der Waals surface area contributed by atoms with Gasteiger partial charge in [-0.1, -0.05) is 18.2 Å². The summed E-state index contributed by atoms with van der Waals surface area (Å²) in [5, 5.41) is 5.97. The van der Waals surface area contributed by atoms with Gasteiger partial charge in [-0.25, -0.2) is 9.97 Å². The van der Waals surface area contributed by atoms with Crippen molar-refractivity contribution in [3.05, 3.63) is 66.1 Å². The van der Waals surface area contributed by atoms with Crippen LogP contribution in [-0.2, 0) is 6.54 Å². The number of para-hydroxylation sites is 2. The van der Waals surface area contributed by atoms with E-state index in [0.29, 0.717) is 30.4 Å². The van der Waals surface area contributed by atoms with Gasteiger partial charge in [-0.2, -0.15) is 0 Å². The topological polar surface area (TPSA) is 94.6 Å². The number of rotatable bonds is 7. The zero-order chi connectivity index (χ0) is 20.1. The van der Waals surface area contributed by atoms with Crippen molar-refractivity contribution in [3.8, 4) is 17.2 Å². The Balaban J connectivity index is 1.37. The number of aromatic nitrogens is 2. The van der Waals surface area contributed by atoms with E-state index in [-0.39, 0.29) is 18.4 Å². The summed E-state index contributed by atoms with van der Waals surface area (Å²) in [4.78, 5) is 20.9. The zero-order valence-corrected chi connectivity index (χ0v) is 15.8. The molecule has 0 radical (unpaired) electrons. The molecular weight excluding hydrogens is 372 g/mol. The van der Waals surface area contributed by atoms with Crippen LogP contribution in [0.25, 0.3) is 0 Å². The predicted octanol–water partition coefficient (Wildman–Crippen LogP) is 3.47. The van der Waals surface area contributed by atoms with Crippen molar-refractivity contribution in [2.45, 2.75) is 13.5 Å². The quantitative estimate of drug-likeness (QED) is 0.636. The number of fused-ring (bicyclic) bond motifs is 1. The molecule has 1 amide bonds. The number of nitrogens with zero attached hydrogens (tertiary/aromatic N) is 2. The van der Waals surface area contributed by atoms with E-state index in [9.17, 15) is 4.79 Å². The van der Waals surface area contributed by atoms with E-state index in [1.165, 1.54) is 12.4 Å². The van der Waals surface area contributed by atoms with E-state index in [0.717, 1.165) is 17.1 Å². The molecule has 2 heterocycles. The Morgan fingerprint density at radius 1 is 1.10 bits per heavy atom. The molecule has 0 atom stereocenters. The Hall–Kier alpha value is -3.81. The standard InChI is InChI=1S/C21H20N4O4/c1-2-27-17-6-4-3-5-15(17)25-21(26)16-11-24-20(12-22-16)23-10-14-7-8-18-19(9-14)29-13-28-18/h3-9,11-12H,2,10,13H2,1H3,(H,23,24)(H,25,26). The highest BCUT2D eigenvalue weighted by atomic mass is 16.7. The summed E-state index contributed by atoms with van der Waals surface area (Å²) >= 11 is 0. The average Bonchev–Trinajstić information content (AvgIpc) is 3.22. The first-order chi connectivity index (χ1) is 14.2. The molecule has 2 N–H and O–H groups in total. The second-order valence-electron chi connectivity index (χ2n) is 6.21. The molecule has 8 heteroatoms. The smallest absolute Gasteiger partial charge is 0.275 e. The largest absolute Gasteiger partial charge is 0.492 e. The third kappa shape index (κ3) is 4.37. The third-order valence-corrected chi connectivity index (χ3v) is 4.23. The first kappa shape index (κ1) is 18.5. The lowest BCUT2D eigenvalue weighted by molar-refractivity contribution is 0.102. The van der Waals surface area contributed by atoms with Crippen LogP contribution in [-0.4, -0.2) is 29.3 Å². The number of amides is 1. The number of carbonyl (C=O) groups excluding carboxylic acids is 1. The second-order valence-corrected chi connectivity index (χ2v) is 6.21. The first-order valence-electron chi connectivity index (χ1n) is 9.20. The van der Waals surface area contributed by atoms with Gasteiger partial charge in [0.05, 0.1) is 24.7 Å². The molecular formula is C21H20N4O4. The lowest BCUT2D eigenvalue weighted by Crippen LogP contribution is -2.15. The fraction of sp³-hybridized carbons (Fsp3) is 0.190. The van der Waals surface area contributed by atoms with Crippen LogP contribution in [0.15, 0.2) is 54.9 Å². The molecule has 148 valence electrons. The number of anilines is 2. The fourth-order valence-corrected chi connectivity index (χ4v) is 2.82. The van der Waals surface area contributed by atoms with Crippen molar-refractivity contribution >= 4 is 17.4 Å². The van der Waals surface area contributed by atoms with E-state index in [1.807, 2.05) is 37.3 Å². The Morgan fingerprint density at radius 3 is 2.79 bits per heavy atom. The van der Waals surface area contributed by atoms with Crippen LogP contribution in [0, 0.1) is 0 Å². The van der Waals surface area contributed by atoms with Gasteiger partial charge in [-0.3, -0.25) is 4.79 Å². The van der Waals surface area contributed by atoms with Gasteiger partial charge >= 0.3 is 0 Å². The van der Waals surface area contributed by atoms with E-state index in [4.69, 9.17) is 14.2 Å². The molecule has 29 heavy (non-hydrogen) atoms. The highest BCUT2D eigenvalue weighted by molar-refractivity contribution is 6.03. The minimum Gasteiger partial charge on any atom is -0.492 e. The van der Waals surface area contributed by atoms with Gasteiger partial charge in [0.2, 0.25) is 6.79 Å². The summed E-state index contributed by atoms with van der Waals surface area (Å²) in [6.45, 7) is 3.19. The first-order valence-corrected chi connectivity index (χ1v) is 9.20. The molecule has 0 saturated carbocycles. The number of carbonyl (C=O) groups is 1. The molecule has 8 nitrogen and oxygen atoms in total. The average molecular weight is 392 g/mol. The van der Waals surface area contributed by atoms with Crippen LogP contribution < -0.4 is 24.8 Å². The van der Waals surface area contributed by atoms with Crippen LogP contribution in [0.2, 0.25) is 0 Å². The van der Waals surface area contributed by atoms with Crippen LogP contribution in [0.5, 0.6) is 17.2 Å².